The standard InChI is InChI=1S/C26H33N5O3/c1-3-34-25(32)19-30-11-10-22-16-24(9-8-23(22)18-30)28-26(33)21-6-4-20(5-7-21)17-27-31-14-12-29(2)13-15-31/h4-9,16-17H,3,10-15,18-19H2,1-2H3,(H,28,33)/b27-17+. The van der Waals surface area contributed by atoms with Gasteiger partial charge in [-0.3, -0.25) is 19.5 Å². The monoisotopic (exact) mass is 463 g/mol. The average molecular weight is 464 g/mol. The van der Waals surface area contributed by atoms with Gasteiger partial charge in [0.25, 0.3) is 5.91 Å². The number of amides is 1. The number of ether oxygens (including phenoxy) is 1. The van der Waals surface area contributed by atoms with Crippen molar-refractivity contribution in [1.82, 2.24) is 14.8 Å². The molecule has 1 fully saturated rings. The molecule has 8 nitrogen and oxygen atoms in total. The molecular weight excluding hydrogens is 430 g/mol. The number of piperazine rings is 1. The molecule has 1 saturated heterocycles. The van der Waals surface area contributed by atoms with Crippen LogP contribution in [0.1, 0.15) is 34.0 Å². The lowest BCUT2D eigenvalue weighted by atomic mass is 9.99. The molecule has 0 radical (unpaired) electrons. The van der Waals surface area contributed by atoms with Gasteiger partial charge in [-0.15, -0.1) is 0 Å². The van der Waals surface area contributed by atoms with E-state index in [0.717, 1.165) is 50.4 Å². The quantitative estimate of drug-likeness (QED) is 0.502. The highest BCUT2D eigenvalue weighted by Crippen LogP contribution is 2.23. The molecule has 2 aliphatic rings. The van der Waals surface area contributed by atoms with Gasteiger partial charge in [0.05, 0.1) is 19.4 Å². The van der Waals surface area contributed by atoms with Crippen molar-refractivity contribution >= 4 is 23.8 Å². The molecule has 180 valence electrons. The topological polar surface area (TPSA) is 77.5 Å². The first-order valence-electron chi connectivity index (χ1n) is 11.9. The fourth-order valence-corrected chi connectivity index (χ4v) is 4.20. The van der Waals surface area contributed by atoms with Gasteiger partial charge in [0.1, 0.15) is 0 Å². The maximum atomic E-state index is 12.7. The van der Waals surface area contributed by atoms with Crippen LogP contribution in [0.5, 0.6) is 0 Å². The van der Waals surface area contributed by atoms with Gasteiger partial charge in [0.15, 0.2) is 0 Å². The minimum atomic E-state index is -0.188. The largest absolute Gasteiger partial charge is 0.465 e. The summed E-state index contributed by atoms with van der Waals surface area (Å²) in [5, 5.41) is 9.63. The first-order chi connectivity index (χ1) is 16.5. The smallest absolute Gasteiger partial charge is 0.320 e. The summed E-state index contributed by atoms with van der Waals surface area (Å²) < 4.78 is 5.05. The number of hydrogen-bond donors (Lipinski definition) is 1. The number of hydrazone groups is 1. The van der Waals surface area contributed by atoms with Crippen LogP contribution in [0.2, 0.25) is 0 Å². The molecule has 0 unspecified atom stereocenters. The van der Waals surface area contributed by atoms with E-state index in [1.807, 2.05) is 55.6 Å². The van der Waals surface area contributed by atoms with E-state index in [-0.39, 0.29) is 11.9 Å². The Morgan fingerprint density at radius 3 is 2.53 bits per heavy atom. The lowest BCUT2D eigenvalue weighted by molar-refractivity contribution is -0.144. The third kappa shape index (κ3) is 6.42. The molecule has 2 aromatic carbocycles. The third-order valence-electron chi connectivity index (χ3n) is 6.24. The van der Waals surface area contributed by atoms with E-state index >= 15 is 0 Å². The van der Waals surface area contributed by atoms with Gasteiger partial charge in [-0.2, -0.15) is 5.10 Å². The predicted octanol–water partition coefficient (Wildman–Crippen LogP) is 2.44. The van der Waals surface area contributed by atoms with Crippen molar-refractivity contribution in [2.45, 2.75) is 19.9 Å². The highest BCUT2D eigenvalue weighted by molar-refractivity contribution is 6.04. The van der Waals surface area contributed by atoms with Crippen LogP contribution in [0.15, 0.2) is 47.6 Å². The zero-order valence-electron chi connectivity index (χ0n) is 20.0. The van der Waals surface area contributed by atoms with Crippen molar-refractivity contribution in [1.29, 1.82) is 0 Å². The summed E-state index contributed by atoms with van der Waals surface area (Å²) in [5.41, 5.74) is 4.74. The number of nitrogens with zero attached hydrogens (tertiary/aromatic N) is 4. The van der Waals surface area contributed by atoms with Crippen molar-refractivity contribution in [2.75, 3.05) is 58.2 Å². The van der Waals surface area contributed by atoms with Crippen LogP contribution >= 0.6 is 0 Å². The first kappa shape index (κ1) is 23.9. The van der Waals surface area contributed by atoms with E-state index < -0.39 is 0 Å². The Bertz CT molecular complexity index is 1030. The van der Waals surface area contributed by atoms with Crippen LogP contribution in [-0.4, -0.2) is 85.8 Å². The summed E-state index contributed by atoms with van der Waals surface area (Å²) in [6.07, 6.45) is 2.68. The van der Waals surface area contributed by atoms with Gasteiger partial charge < -0.3 is 15.0 Å². The maximum Gasteiger partial charge on any atom is 0.320 e. The number of benzene rings is 2. The fourth-order valence-electron chi connectivity index (χ4n) is 4.20. The summed E-state index contributed by atoms with van der Waals surface area (Å²) in [5.74, 6) is -0.325. The number of likely N-dealkylation sites (N-methyl/N-ethyl adjacent to an activating group) is 1. The highest BCUT2D eigenvalue weighted by atomic mass is 16.5. The number of rotatable bonds is 7. The maximum absolute atomic E-state index is 12.7. The van der Waals surface area contributed by atoms with Crippen molar-refractivity contribution in [3.63, 3.8) is 0 Å². The Labute approximate surface area is 201 Å². The molecule has 8 heteroatoms. The Morgan fingerprint density at radius 1 is 1.03 bits per heavy atom. The van der Waals surface area contributed by atoms with E-state index in [0.29, 0.717) is 25.3 Å². The molecule has 4 rings (SSSR count). The second kappa shape index (κ2) is 11.3. The van der Waals surface area contributed by atoms with Gasteiger partial charge in [-0.25, -0.2) is 0 Å². The molecule has 0 bridgehead atoms. The second-order valence-corrected chi connectivity index (χ2v) is 8.83. The Hall–Kier alpha value is -3.23. The molecule has 2 heterocycles. The molecule has 0 saturated carbocycles. The van der Waals surface area contributed by atoms with Crippen LogP contribution in [0.25, 0.3) is 0 Å². The van der Waals surface area contributed by atoms with Crippen molar-refractivity contribution in [3.05, 3.63) is 64.7 Å². The fraction of sp³-hybridized carbons (Fsp3) is 0.423. The van der Waals surface area contributed by atoms with E-state index in [1.165, 1.54) is 11.1 Å². The Kier molecular flexibility index (Phi) is 7.92. The van der Waals surface area contributed by atoms with E-state index in [9.17, 15) is 9.59 Å². The Balaban J connectivity index is 1.31. The minimum Gasteiger partial charge on any atom is -0.465 e. The molecule has 0 aromatic heterocycles. The zero-order valence-corrected chi connectivity index (χ0v) is 20.0. The van der Waals surface area contributed by atoms with Gasteiger partial charge >= 0.3 is 5.97 Å². The summed E-state index contributed by atoms with van der Waals surface area (Å²) in [6.45, 7) is 7.92. The van der Waals surface area contributed by atoms with Crippen molar-refractivity contribution < 1.29 is 14.3 Å². The Morgan fingerprint density at radius 2 is 1.79 bits per heavy atom. The van der Waals surface area contributed by atoms with Crippen molar-refractivity contribution in [3.8, 4) is 0 Å². The minimum absolute atomic E-state index is 0.137. The number of anilines is 1. The molecule has 0 spiro atoms. The summed E-state index contributed by atoms with van der Waals surface area (Å²) >= 11 is 0. The number of nitrogens with one attached hydrogen (secondary N) is 1. The predicted molar refractivity (Wildman–Crippen MR) is 133 cm³/mol. The SMILES string of the molecule is CCOC(=O)CN1CCc2cc(NC(=O)c3ccc(/C=N/N4CCN(C)CC4)cc3)ccc2C1. The molecular formula is C26H33N5O3. The van der Waals surface area contributed by atoms with Gasteiger partial charge in [0, 0.05) is 50.5 Å². The van der Waals surface area contributed by atoms with Crippen LogP contribution in [0.4, 0.5) is 5.69 Å². The molecule has 0 aliphatic carbocycles. The van der Waals surface area contributed by atoms with Gasteiger partial charge in [-0.05, 0) is 61.3 Å². The van der Waals surface area contributed by atoms with Crippen LogP contribution in [0.3, 0.4) is 0 Å². The molecule has 34 heavy (non-hydrogen) atoms. The molecule has 1 amide bonds. The molecule has 2 aromatic rings. The number of carbonyl (C=O) groups is 2. The van der Waals surface area contributed by atoms with E-state index in [2.05, 4.69) is 32.3 Å². The zero-order chi connectivity index (χ0) is 23.9. The first-order valence-corrected chi connectivity index (χ1v) is 11.9. The van der Waals surface area contributed by atoms with Crippen LogP contribution < -0.4 is 5.32 Å². The number of carbonyl (C=O) groups excluding carboxylic acids is 2. The van der Waals surface area contributed by atoms with Crippen molar-refractivity contribution in [2.24, 2.45) is 5.10 Å². The number of fused-ring (bicyclic) bond motifs is 1. The van der Waals surface area contributed by atoms with Gasteiger partial charge in [-0.1, -0.05) is 18.2 Å². The van der Waals surface area contributed by atoms with E-state index in [4.69, 9.17) is 4.74 Å². The average Bonchev–Trinajstić information content (AvgIpc) is 2.84. The highest BCUT2D eigenvalue weighted by Gasteiger charge is 2.19. The second-order valence-electron chi connectivity index (χ2n) is 8.83. The molecule has 0 atom stereocenters. The summed E-state index contributed by atoms with van der Waals surface area (Å²) in [7, 11) is 2.12. The molecule has 1 N–H and O–H groups in total. The number of esters is 1. The lowest BCUT2D eigenvalue weighted by Gasteiger charge is -2.30. The summed E-state index contributed by atoms with van der Waals surface area (Å²) in [6, 6.07) is 13.5. The normalized spacial score (nSPS) is 16.9. The number of hydrogen-bond acceptors (Lipinski definition) is 7. The van der Waals surface area contributed by atoms with Gasteiger partial charge in [0.2, 0.25) is 0 Å². The van der Waals surface area contributed by atoms with E-state index in [1.54, 1.807) is 0 Å². The molecule has 2 aliphatic heterocycles. The lowest BCUT2D eigenvalue weighted by Crippen LogP contribution is -2.41. The summed E-state index contributed by atoms with van der Waals surface area (Å²) in [4.78, 5) is 28.9. The third-order valence-corrected chi connectivity index (χ3v) is 6.24. The van der Waals surface area contributed by atoms with Crippen LogP contribution in [-0.2, 0) is 22.5 Å². The van der Waals surface area contributed by atoms with Crippen LogP contribution in [0, 0.1) is 0 Å².